The number of aromatic amines is 1. The number of amides is 1. The van der Waals surface area contributed by atoms with Gasteiger partial charge in [0.1, 0.15) is 17.2 Å². The lowest BCUT2D eigenvalue weighted by Crippen LogP contribution is -2.28. The van der Waals surface area contributed by atoms with Crippen LogP contribution in [0, 0.1) is 0 Å². The number of benzene rings is 2. The second kappa shape index (κ2) is 7.99. The number of halogens is 2. The number of anilines is 1. The van der Waals surface area contributed by atoms with Gasteiger partial charge in [0.15, 0.2) is 5.96 Å². The molecule has 26 heavy (non-hydrogen) atoms. The summed E-state index contributed by atoms with van der Waals surface area (Å²) in [6.45, 7) is 0. The molecule has 0 bridgehead atoms. The van der Waals surface area contributed by atoms with E-state index in [-0.39, 0.29) is 24.1 Å². The summed E-state index contributed by atoms with van der Waals surface area (Å²) < 4.78 is 5.77. The second-order valence-corrected chi connectivity index (χ2v) is 5.68. The van der Waals surface area contributed by atoms with E-state index in [1.807, 2.05) is 0 Å². The van der Waals surface area contributed by atoms with Gasteiger partial charge < -0.3 is 26.5 Å². The molecule has 0 aliphatic carbocycles. The number of carbonyl (C=O) groups excluding carboxylic acids is 1. The topological polar surface area (TPSA) is 119 Å². The van der Waals surface area contributed by atoms with E-state index in [4.69, 9.17) is 27.8 Å². The predicted octanol–water partition coefficient (Wildman–Crippen LogP) is 3.29. The van der Waals surface area contributed by atoms with Gasteiger partial charge in [0.2, 0.25) is 0 Å². The maximum atomic E-state index is 12.1. The number of ether oxygens (including phenoxy) is 1. The molecule has 0 unspecified atom stereocenters. The van der Waals surface area contributed by atoms with Gasteiger partial charge in [-0.05, 0) is 18.2 Å². The quantitative estimate of drug-likeness (QED) is 0.309. The first kappa shape index (κ1) is 19.4. The number of nitrogens with two attached hydrogens (primary N) is 2. The fraction of sp³-hybridized carbons (Fsp3) is 0.0588. The van der Waals surface area contributed by atoms with Crippen LogP contribution in [0.1, 0.15) is 10.5 Å². The molecule has 6 N–H and O–H groups in total. The third-order valence-electron chi connectivity index (χ3n) is 3.46. The van der Waals surface area contributed by atoms with Crippen LogP contribution in [0.25, 0.3) is 10.9 Å². The minimum Gasteiger partial charge on any atom is -0.457 e. The van der Waals surface area contributed by atoms with Gasteiger partial charge in [-0.2, -0.15) is 4.99 Å². The van der Waals surface area contributed by atoms with Gasteiger partial charge >= 0.3 is 0 Å². The Morgan fingerprint density at radius 1 is 1.23 bits per heavy atom. The van der Waals surface area contributed by atoms with Crippen LogP contribution in [0.5, 0.6) is 11.5 Å². The van der Waals surface area contributed by atoms with E-state index in [1.165, 1.54) is 0 Å². The molecule has 0 radical (unpaired) electrons. The highest BCUT2D eigenvalue weighted by atomic mass is 35.5. The summed E-state index contributed by atoms with van der Waals surface area (Å²) in [6.07, 6.45) is 0. The molecule has 3 rings (SSSR count). The lowest BCUT2D eigenvalue weighted by atomic mass is 10.2. The fourth-order valence-corrected chi connectivity index (χ4v) is 2.55. The monoisotopic (exact) mass is 393 g/mol. The van der Waals surface area contributed by atoms with Crippen molar-refractivity contribution in [2.24, 2.45) is 10.7 Å². The minimum atomic E-state index is -0.502. The maximum absolute atomic E-state index is 12.1. The van der Waals surface area contributed by atoms with Crippen LogP contribution in [0.4, 0.5) is 5.69 Å². The van der Waals surface area contributed by atoms with E-state index in [9.17, 15) is 4.79 Å². The van der Waals surface area contributed by atoms with E-state index in [0.29, 0.717) is 33.1 Å². The van der Waals surface area contributed by atoms with Crippen molar-refractivity contribution in [1.82, 2.24) is 10.3 Å². The maximum Gasteiger partial charge on any atom is 0.296 e. The van der Waals surface area contributed by atoms with Gasteiger partial charge in [-0.1, -0.05) is 17.7 Å². The number of hydrogen-bond donors (Lipinski definition) is 4. The molecule has 7 nitrogen and oxygen atoms in total. The summed E-state index contributed by atoms with van der Waals surface area (Å²) in [5.74, 6) is 0.629. The Bertz CT molecular complexity index is 984. The molecule has 0 spiro atoms. The third-order valence-corrected chi connectivity index (χ3v) is 3.78. The number of rotatable bonds is 3. The molecule has 0 fully saturated rings. The summed E-state index contributed by atoms with van der Waals surface area (Å²) in [4.78, 5) is 18.8. The molecular formula is C17H17Cl2N5O2. The molecule has 1 amide bonds. The zero-order chi connectivity index (χ0) is 18.0. The van der Waals surface area contributed by atoms with Crippen molar-refractivity contribution < 1.29 is 9.53 Å². The fourth-order valence-electron chi connectivity index (χ4n) is 2.28. The number of guanidine groups is 1. The second-order valence-electron chi connectivity index (χ2n) is 5.28. The molecule has 0 atom stereocenters. The zero-order valence-electron chi connectivity index (χ0n) is 13.7. The van der Waals surface area contributed by atoms with Crippen molar-refractivity contribution in [3.05, 3.63) is 53.2 Å². The molecule has 0 aliphatic rings. The molecule has 2 aromatic carbocycles. The van der Waals surface area contributed by atoms with Crippen LogP contribution in [-0.4, -0.2) is 23.9 Å². The zero-order valence-corrected chi connectivity index (χ0v) is 15.3. The number of hydrogen-bond acceptors (Lipinski definition) is 3. The summed E-state index contributed by atoms with van der Waals surface area (Å²) >= 11 is 6.30. The Labute approximate surface area is 160 Å². The van der Waals surface area contributed by atoms with Crippen LogP contribution >= 0.6 is 24.0 Å². The van der Waals surface area contributed by atoms with Gasteiger partial charge in [-0.3, -0.25) is 4.79 Å². The van der Waals surface area contributed by atoms with Crippen molar-refractivity contribution in [1.29, 1.82) is 0 Å². The highest BCUT2D eigenvalue weighted by Crippen LogP contribution is 2.32. The summed E-state index contributed by atoms with van der Waals surface area (Å²) in [7, 11) is 1.58. The average molecular weight is 394 g/mol. The molecule has 0 aliphatic heterocycles. The summed E-state index contributed by atoms with van der Waals surface area (Å²) in [5, 5.41) is 3.71. The summed E-state index contributed by atoms with van der Waals surface area (Å²) in [5.41, 5.74) is 12.8. The van der Waals surface area contributed by atoms with Gasteiger partial charge in [0.25, 0.3) is 5.91 Å². The van der Waals surface area contributed by atoms with Gasteiger partial charge in [-0.25, -0.2) is 0 Å². The number of nitrogens with zero attached hydrogens (tertiary/aromatic N) is 1. The first-order valence-corrected chi connectivity index (χ1v) is 7.76. The van der Waals surface area contributed by atoms with E-state index < -0.39 is 5.91 Å². The normalized spacial score (nSPS) is 11.1. The first-order valence-electron chi connectivity index (χ1n) is 7.38. The number of fused-ring (bicyclic) bond motifs is 1. The van der Waals surface area contributed by atoms with Crippen LogP contribution in [0.2, 0.25) is 5.02 Å². The number of aromatic nitrogens is 1. The first-order chi connectivity index (χ1) is 12.0. The number of H-pyrrole nitrogens is 1. The van der Waals surface area contributed by atoms with Crippen LogP contribution in [0.15, 0.2) is 47.5 Å². The number of aliphatic imine (C=N–C) groups is 1. The Morgan fingerprint density at radius 2 is 2.00 bits per heavy atom. The SMILES string of the molecule is CNC(N)=NC(=O)c1cc2c(Cl)cc(Oc3cccc(N)c3)cc2[nH]1.Cl. The van der Waals surface area contributed by atoms with Gasteiger partial charge in [0, 0.05) is 36.3 Å². The molecule has 0 saturated carbocycles. The Kier molecular flexibility index (Phi) is 5.97. The van der Waals surface area contributed by atoms with Crippen molar-refractivity contribution in [3.8, 4) is 11.5 Å². The largest absolute Gasteiger partial charge is 0.457 e. The smallest absolute Gasteiger partial charge is 0.296 e. The van der Waals surface area contributed by atoms with Crippen LogP contribution in [0.3, 0.4) is 0 Å². The van der Waals surface area contributed by atoms with Crippen molar-refractivity contribution >= 4 is 52.5 Å². The van der Waals surface area contributed by atoms with Crippen molar-refractivity contribution in [3.63, 3.8) is 0 Å². The molecule has 0 saturated heterocycles. The number of carbonyl (C=O) groups is 1. The molecular weight excluding hydrogens is 377 g/mol. The van der Waals surface area contributed by atoms with Crippen molar-refractivity contribution in [2.45, 2.75) is 0 Å². The minimum absolute atomic E-state index is 0. The Balaban J connectivity index is 0.00000243. The van der Waals surface area contributed by atoms with E-state index >= 15 is 0 Å². The summed E-state index contributed by atoms with van der Waals surface area (Å²) in [6, 6.07) is 12.1. The Morgan fingerprint density at radius 3 is 2.69 bits per heavy atom. The number of nitrogen functional groups attached to an aromatic ring is 1. The van der Waals surface area contributed by atoms with E-state index in [0.717, 1.165) is 0 Å². The highest BCUT2D eigenvalue weighted by Gasteiger charge is 2.13. The lowest BCUT2D eigenvalue weighted by Gasteiger charge is -2.07. The standard InChI is InChI=1S/C17H16ClN5O2.ClH/c1-21-17(20)23-16(24)15-8-12-13(18)6-11(7-14(12)22-15)25-10-4-2-3-9(19)5-10;/h2-8,22H,19H2,1H3,(H3,20,21,23,24);1H. The molecule has 3 aromatic rings. The highest BCUT2D eigenvalue weighted by molar-refractivity contribution is 6.35. The number of nitrogens with one attached hydrogen (secondary N) is 2. The van der Waals surface area contributed by atoms with Gasteiger partial charge in [0.05, 0.1) is 10.5 Å². The van der Waals surface area contributed by atoms with Crippen LogP contribution in [-0.2, 0) is 0 Å². The molecule has 136 valence electrons. The average Bonchev–Trinajstić information content (AvgIpc) is 2.99. The van der Waals surface area contributed by atoms with E-state index in [1.54, 1.807) is 49.5 Å². The Hall–Kier alpha value is -2.90. The predicted molar refractivity (Wildman–Crippen MR) is 106 cm³/mol. The molecule has 1 aromatic heterocycles. The third kappa shape index (κ3) is 4.19. The molecule has 9 heteroatoms. The van der Waals surface area contributed by atoms with Crippen molar-refractivity contribution in [2.75, 3.05) is 12.8 Å². The van der Waals surface area contributed by atoms with Gasteiger partial charge in [-0.15, -0.1) is 12.4 Å². The van der Waals surface area contributed by atoms with E-state index in [2.05, 4.69) is 15.3 Å². The lowest BCUT2D eigenvalue weighted by molar-refractivity contribution is 0.0998. The van der Waals surface area contributed by atoms with Crippen LogP contribution < -0.4 is 21.5 Å². The molecule has 1 heterocycles.